The van der Waals surface area contributed by atoms with Crippen molar-refractivity contribution in [3.63, 3.8) is 0 Å². The Kier molecular flexibility index (Phi) is 5.51. The van der Waals surface area contributed by atoms with Crippen molar-refractivity contribution in [2.75, 3.05) is 24.6 Å². The molecule has 2 aromatic heterocycles. The maximum absolute atomic E-state index is 12.3. The first-order chi connectivity index (χ1) is 13.6. The van der Waals surface area contributed by atoms with E-state index in [9.17, 15) is 4.79 Å². The van der Waals surface area contributed by atoms with Crippen LogP contribution in [0.25, 0.3) is 21.3 Å². The van der Waals surface area contributed by atoms with E-state index in [0.717, 1.165) is 46.5 Å². The van der Waals surface area contributed by atoms with Gasteiger partial charge in [0.2, 0.25) is 5.28 Å². The van der Waals surface area contributed by atoms with Crippen molar-refractivity contribution in [2.24, 2.45) is 5.92 Å². The number of halogens is 1. The number of hydrogen-bond donors (Lipinski definition) is 0. The maximum Gasteiger partial charge on any atom is 0.310 e. The molecule has 1 saturated heterocycles. The Labute approximate surface area is 173 Å². The molecule has 1 aliphatic heterocycles. The average Bonchev–Trinajstić information content (AvgIpc) is 3.12. The molecule has 0 saturated carbocycles. The molecular formula is C21H22ClN3O2S. The van der Waals surface area contributed by atoms with Gasteiger partial charge in [-0.1, -0.05) is 29.8 Å². The number of fused-ring (bicyclic) bond motifs is 1. The summed E-state index contributed by atoms with van der Waals surface area (Å²) in [5, 5.41) is 3.34. The lowest BCUT2D eigenvalue weighted by atomic mass is 9.97. The summed E-state index contributed by atoms with van der Waals surface area (Å²) < 4.78 is 5.24. The Bertz CT molecular complexity index is 1000. The van der Waals surface area contributed by atoms with E-state index in [2.05, 4.69) is 51.4 Å². The summed E-state index contributed by atoms with van der Waals surface area (Å²) >= 11 is 7.80. The summed E-state index contributed by atoms with van der Waals surface area (Å²) in [5.74, 6) is 0.535. The summed E-state index contributed by atoms with van der Waals surface area (Å²) in [6.45, 7) is 5.74. The van der Waals surface area contributed by atoms with E-state index in [1.165, 1.54) is 5.56 Å². The summed E-state index contributed by atoms with van der Waals surface area (Å²) in [5.41, 5.74) is 3.45. The van der Waals surface area contributed by atoms with E-state index in [0.29, 0.717) is 13.2 Å². The van der Waals surface area contributed by atoms with Crippen LogP contribution in [0.3, 0.4) is 0 Å². The van der Waals surface area contributed by atoms with Gasteiger partial charge in [0.25, 0.3) is 0 Å². The zero-order valence-corrected chi connectivity index (χ0v) is 17.5. The second-order valence-corrected chi connectivity index (χ2v) is 8.25. The first kappa shape index (κ1) is 19.2. The monoisotopic (exact) mass is 415 g/mol. The number of aromatic nitrogens is 2. The number of rotatable bonds is 4. The fourth-order valence-electron chi connectivity index (χ4n) is 3.69. The fraction of sp³-hybridized carbons (Fsp3) is 0.381. The van der Waals surface area contributed by atoms with Gasteiger partial charge in [0.1, 0.15) is 10.6 Å². The molecule has 1 unspecified atom stereocenters. The molecular weight excluding hydrogens is 394 g/mol. The normalized spacial score (nSPS) is 17.1. The first-order valence-electron chi connectivity index (χ1n) is 9.50. The molecule has 0 spiro atoms. The Balaban J connectivity index is 1.76. The van der Waals surface area contributed by atoms with Crippen LogP contribution in [0.2, 0.25) is 5.28 Å². The number of ether oxygens (including phenoxy) is 1. The number of hydrogen-bond acceptors (Lipinski definition) is 6. The zero-order chi connectivity index (χ0) is 19.7. The lowest BCUT2D eigenvalue weighted by Crippen LogP contribution is -2.40. The summed E-state index contributed by atoms with van der Waals surface area (Å²) in [7, 11) is 0. The van der Waals surface area contributed by atoms with E-state index >= 15 is 0 Å². The highest BCUT2D eigenvalue weighted by atomic mass is 35.5. The number of carbonyl (C=O) groups excluding carboxylic acids is 1. The van der Waals surface area contributed by atoms with Crippen molar-refractivity contribution in [3.05, 3.63) is 40.5 Å². The lowest BCUT2D eigenvalue weighted by Gasteiger charge is -2.33. The van der Waals surface area contributed by atoms with Gasteiger partial charge in [0, 0.05) is 24.0 Å². The molecule has 0 aliphatic carbocycles. The summed E-state index contributed by atoms with van der Waals surface area (Å²) in [6, 6.07) is 8.44. The van der Waals surface area contributed by atoms with Gasteiger partial charge >= 0.3 is 5.97 Å². The van der Waals surface area contributed by atoms with Crippen LogP contribution in [0.5, 0.6) is 0 Å². The number of nitrogens with zero attached hydrogens (tertiary/aromatic N) is 3. The molecule has 1 fully saturated rings. The van der Waals surface area contributed by atoms with E-state index < -0.39 is 0 Å². The van der Waals surface area contributed by atoms with E-state index in [1.807, 2.05) is 6.92 Å². The third kappa shape index (κ3) is 3.71. The van der Waals surface area contributed by atoms with Crippen LogP contribution in [-0.2, 0) is 9.53 Å². The van der Waals surface area contributed by atoms with E-state index in [1.54, 1.807) is 11.3 Å². The number of esters is 1. The minimum absolute atomic E-state index is 0.132. The highest BCUT2D eigenvalue weighted by Gasteiger charge is 2.29. The van der Waals surface area contributed by atoms with E-state index in [-0.39, 0.29) is 17.2 Å². The number of benzene rings is 1. The van der Waals surface area contributed by atoms with Gasteiger partial charge in [-0.05, 0) is 43.9 Å². The third-order valence-electron chi connectivity index (χ3n) is 5.09. The Morgan fingerprint density at radius 3 is 2.86 bits per heavy atom. The molecule has 4 rings (SSSR count). The average molecular weight is 416 g/mol. The zero-order valence-electron chi connectivity index (χ0n) is 15.9. The van der Waals surface area contributed by atoms with Crippen LogP contribution in [0.1, 0.15) is 25.3 Å². The minimum atomic E-state index is -0.140. The fourth-order valence-corrected chi connectivity index (χ4v) is 4.85. The molecule has 28 heavy (non-hydrogen) atoms. The molecule has 1 atom stereocenters. The Morgan fingerprint density at radius 2 is 2.11 bits per heavy atom. The van der Waals surface area contributed by atoms with Crippen molar-refractivity contribution in [1.29, 1.82) is 0 Å². The Hall–Kier alpha value is -2.18. The maximum atomic E-state index is 12.3. The van der Waals surface area contributed by atoms with Crippen molar-refractivity contribution in [2.45, 2.75) is 26.7 Å². The summed E-state index contributed by atoms with van der Waals surface area (Å²) in [4.78, 5) is 24.3. The molecule has 0 amide bonds. The van der Waals surface area contributed by atoms with Crippen molar-refractivity contribution >= 4 is 44.9 Å². The number of anilines is 1. The Morgan fingerprint density at radius 1 is 1.32 bits per heavy atom. The minimum Gasteiger partial charge on any atom is -0.466 e. The van der Waals surface area contributed by atoms with Gasteiger partial charge in [0.05, 0.1) is 17.9 Å². The van der Waals surface area contributed by atoms with E-state index in [4.69, 9.17) is 16.3 Å². The highest BCUT2D eigenvalue weighted by molar-refractivity contribution is 7.17. The molecule has 3 heterocycles. The molecule has 1 aromatic carbocycles. The van der Waals surface area contributed by atoms with Crippen molar-refractivity contribution in [1.82, 2.24) is 9.97 Å². The highest BCUT2D eigenvalue weighted by Crippen LogP contribution is 2.40. The number of aryl methyl sites for hydroxylation is 1. The first-order valence-corrected chi connectivity index (χ1v) is 10.8. The van der Waals surface area contributed by atoms with Gasteiger partial charge in [-0.15, -0.1) is 11.3 Å². The predicted octanol–water partition coefficient (Wildman–Crippen LogP) is 5.10. The van der Waals surface area contributed by atoms with Crippen LogP contribution < -0.4 is 4.90 Å². The molecule has 3 aromatic rings. The van der Waals surface area contributed by atoms with Crippen LogP contribution in [0, 0.1) is 12.8 Å². The number of thiophene rings is 1. The van der Waals surface area contributed by atoms with Crippen LogP contribution in [0.4, 0.5) is 5.82 Å². The van der Waals surface area contributed by atoms with Crippen LogP contribution in [-0.4, -0.2) is 35.6 Å². The van der Waals surface area contributed by atoms with Gasteiger partial charge in [-0.25, -0.2) is 4.98 Å². The molecule has 146 valence electrons. The molecule has 0 bridgehead atoms. The number of piperidine rings is 1. The third-order valence-corrected chi connectivity index (χ3v) is 6.13. The van der Waals surface area contributed by atoms with Crippen LogP contribution >= 0.6 is 22.9 Å². The molecule has 5 nitrogen and oxygen atoms in total. The SMILES string of the molecule is CCOC(=O)C1CCCN(c2nc(Cl)nc3scc(-c4ccc(C)cc4)c23)C1. The largest absolute Gasteiger partial charge is 0.466 e. The van der Waals surface area contributed by atoms with Crippen molar-refractivity contribution < 1.29 is 9.53 Å². The molecule has 0 N–H and O–H groups in total. The van der Waals surface area contributed by atoms with Gasteiger partial charge in [0.15, 0.2) is 0 Å². The molecule has 0 radical (unpaired) electrons. The van der Waals surface area contributed by atoms with Gasteiger partial charge in [-0.2, -0.15) is 4.98 Å². The quantitative estimate of drug-likeness (QED) is 0.438. The van der Waals surface area contributed by atoms with Crippen LogP contribution in [0.15, 0.2) is 29.6 Å². The number of carbonyl (C=O) groups is 1. The summed E-state index contributed by atoms with van der Waals surface area (Å²) in [6.07, 6.45) is 1.75. The molecule has 1 aliphatic rings. The molecule has 7 heteroatoms. The lowest BCUT2D eigenvalue weighted by molar-refractivity contribution is -0.148. The standard InChI is InChI=1S/C21H22ClN3O2S/c1-3-27-20(26)15-5-4-10-25(11-15)18-17-16(14-8-6-13(2)7-9-14)12-28-19(17)24-21(22)23-18/h6-9,12,15H,3-5,10-11H2,1-2H3. The second kappa shape index (κ2) is 8.05. The topological polar surface area (TPSA) is 55.3 Å². The van der Waals surface area contributed by atoms with Gasteiger partial charge in [-0.3, -0.25) is 4.79 Å². The predicted molar refractivity (Wildman–Crippen MR) is 114 cm³/mol. The smallest absolute Gasteiger partial charge is 0.310 e. The van der Waals surface area contributed by atoms with Gasteiger partial charge < -0.3 is 9.64 Å². The second-order valence-electron chi connectivity index (χ2n) is 7.05. The van der Waals surface area contributed by atoms with Crippen molar-refractivity contribution in [3.8, 4) is 11.1 Å².